The molecule has 156 valence electrons. The average Bonchev–Trinajstić information content (AvgIpc) is 2.73. The van der Waals surface area contributed by atoms with Crippen LogP contribution >= 0.6 is 0 Å². The molecule has 0 N–H and O–H groups in total. The predicted molar refractivity (Wildman–Crippen MR) is 114 cm³/mol. The molecular weight excluding hydrogens is 352 g/mol. The molecule has 1 aromatic carbocycles. The normalized spacial score (nSPS) is 20.3. The minimum absolute atomic E-state index is 0.283. The van der Waals surface area contributed by atoms with Crippen LogP contribution in [0.1, 0.15) is 25.8 Å². The van der Waals surface area contributed by atoms with Crippen LogP contribution in [0, 0.1) is 6.92 Å². The van der Waals surface area contributed by atoms with Gasteiger partial charge in [-0.2, -0.15) is 0 Å². The zero-order valence-corrected chi connectivity index (χ0v) is 18.0. The van der Waals surface area contributed by atoms with Crippen LogP contribution < -0.4 is 9.64 Å². The van der Waals surface area contributed by atoms with E-state index in [1.165, 1.54) is 12.0 Å². The molecule has 1 unspecified atom stereocenters. The number of methoxy groups -OCH3 is 1. The highest BCUT2D eigenvalue weighted by Crippen LogP contribution is 2.30. The van der Waals surface area contributed by atoms with Gasteiger partial charge in [0.15, 0.2) is 0 Å². The highest BCUT2D eigenvalue weighted by molar-refractivity contribution is 5.78. The number of rotatable bonds is 6. The lowest BCUT2D eigenvalue weighted by atomic mass is 10.1. The maximum absolute atomic E-state index is 12.7. The summed E-state index contributed by atoms with van der Waals surface area (Å²) >= 11 is 0. The van der Waals surface area contributed by atoms with E-state index in [0.29, 0.717) is 12.6 Å². The van der Waals surface area contributed by atoms with E-state index in [2.05, 4.69) is 52.5 Å². The molecule has 1 amide bonds. The lowest BCUT2D eigenvalue weighted by Gasteiger charge is -2.40. The summed E-state index contributed by atoms with van der Waals surface area (Å²) < 4.78 is 5.54. The highest BCUT2D eigenvalue weighted by Gasteiger charge is 2.26. The number of benzene rings is 1. The number of carbonyl (C=O) groups is 1. The first-order valence-electron chi connectivity index (χ1n) is 10.7. The molecule has 0 spiro atoms. The fourth-order valence-electron chi connectivity index (χ4n) is 4.16. The Labute approximate surface area is 170 Å². The third kappa shape index (κ3) is 4.97. The highest BCUT2D eigenvalue weighted by atomic mass is 16.5. The van der Waals surface area contributed by atoms with Gasteiger partial charge in [0, 0.05) is 58.4 Å². The number of hydrogen-bond donors (Lipinski definition) is 0. The van der Waals surface area contributed by atoms with Gasteiger partial charge in [-0.3, -0.25) is 14.6 Å². The standard InChI is InChI=1S/C22H36N4O2/c1-5-19(3)24-12-14-26(15-13-24)22(27)17-23-8-10-25(11-9-23)20-16-18(2)6-7-21(20)28-4/h6-7,16,19H,5,8-15,17H2,1-4H3. The van der Waals surface area contributed by atoms with E-state index >= 15 is 0 Å². The number of anilines is 1. The molecule has 1 atom stereocenters. The van der Waals surface area contributed by atoms with Crippen LogP contribution in [0.4, 0.5) is 5.69 Å². The van der Waals surface area contributed by atoms with Gasteiger partial charge in [0.2, 0.25) is 5.91 Å². The van der Waals surface area contributed by atoms with Crippen LogP contribution in [0.5, 0.6) is 5.75 Å². The van der Waals surface area contributed by atoms with Crippen molar-refractivity contribution in [2.45, 2.75) is 33.2 Å². The minimum atomic E-state index is 0.283. The number of piperazine rings is 2. The van der Waals surface area contributed by atoms with Gasteiger partial charge in [0.25, 0.3) is 0 Å². The molecule has 0 bridgehead atoms. The molecule has 6 heteroatoms. The van der Waals surface area contributed by atoms with Crippen molar-refractivity contribution in [3.8, 4) is 5.75 Å². The summed E-state index contributed by atoms with van der Waals surface area (Å²) in [6.07, 6.45) is 1.17. The van der Waals surface area contributed by atoms with E-state index in [0.717, 1.165) is 63.8 Å². The molecule has 2 aliphatic rings. The largest absolute Gasteiger partial charge is 0.495 e. The number of carbonyl (C=O) groups excluding carboxylic acids is 1. The predicted octanol–water partition coefficient (Wildman–Crippen LogP) is 2.07. The van der Waals surface area contributed by atoms with E-state index in [1.54, 1.807) is 7.11 Å². The van der Waals surface area contributed by atoms with Crippen LogP contribution in [-0.2, 0) is 4.79 Å². The molecule has 2 aliphatic heterocycles. The van der Waals surface area contributed by atoms with Crippen LogP contribution in [0.3, 0.4) is 0 Å². The van der Waals surface area contributed by atoms with Gasteiger partial charge in [-0.25, -0.2) is 0 Å². The maximum atomic E-state index is 12.7. The Balaban J connectivity index is 1.47. The van der Waals surface area contributed by atoms with Crippen molar-refractivity contribution in [1.29, 1.82) is 0 Å². The van der Waals surface area contributed by atoms with E-state index in [1.807, 2.05) is 6.07 Å². The van der Waals surface area contributed by atoms with Gasteiger partial charge in [-0.15, -0.1) is 0 Å². The smallest absolute Gasteiger partial charge is 0.236 e. The van der Waals surface area contributed by atoms with E-state index in [4.69, 9.17) is 4.74 Å². The second kappa shape index (κ2) is 9.61. The summed E-state index contributed by atoms with van der Waals surface area (Å²) in [6, 6.07) is 6.93. The van der Waals surface area contributed by atoms with Crippen LogP contribution in [0.15, 0.2) is 18.2 Å². The first kappa shape index (κ1) is 20.9. The van der Waals surface area contributed by atoms with Crippen LogP contribution in [0.25, 0.3) is 0 Å². The molecule has 28 heavy (non-hydrogen) atoms. The van der Waals surface area contributed by atoms with Crippen molar-refractivity contribution in [3.05, 3.63) is 23.8 Å². The third-order valence-electron chi connectivity index (χ3n) is 6.29. The molecule has 0 radical (unpaired) electrons. The summed E-state index contributed by atoms with van der Waals surface area (Å²) in [4.78, 5) is 22.0. The zero-order chi connectivity index (χ0) is 20.1. The Morgan fingerprint density at radius 3 is 2.36 bits per heavy atom. The first-order valence-corrected chi connectivity index (χ1v) is 10.7. The van der Waals surface area contributed by atoms with Crippen molar-refractivity contribution in [2.24, 2.45) is 0 Å². The number of hydrogen-bond acceptors (Lipinski definition) is 5. The van der Waals surface area contributed by atoms with Gasteiger partial charge in [0.05, 0.1) is 19.3 Å². The molecule has 6 nitrogen and oxygen atoms in total. The van der Waals surface area contributed by atoms with Gasteiger partial charge >= 0.3 is 0 Å². The van der Waals surface area contributed by atoms with E-state index < -0.39 is 0 Å². The van der Waals surface area contributed by atoms with Gasteiger partial charge in [0.1, 0.15) is 5.75 Å². The summed E-state index contributed by atoms with van der Waals surface area (Å²) in [5, 5.41) is 0. The Bertz CT molecular complexity index is 650. The summed E-state index contributed by atoms with van der Waals surface area (Å²) in [7, 11) is 1.73. The van der Waals surface area contributed by atoms with Gasteiger partial charge in [-0.1, -0.05) is 13.0 Å². The second-order valence-electron chi connectivity index (χ2n) is 8.11. The minimum Gasteiger partial charge on any atom is -0.495 e. The zero-order valence-electron chi connectivity index (χ0n) is 18.0. The quantitative estimate of drug-likeness (QED) is 0.746. The Morgan fingerprint density at radius 2 is 1.75 bits per heavy atom. The summed E-state index contributed by atoms with van der Waals surface area (Å²) in [5.41, 5.74) is 2.40. The monoisotopic (exact) mass is 388 g/mol. The molecule has 3 rings (SSSR count). The number of ether oxygens (including phenoxy) is 1. The molecule has 2 saturated heterocycles. The topological polar surface area (TPSA) is 39.3 Å². The second-order valence-corrected chi connectivity index (χ2v) is 8.11. The SMILES string of the molecule is CCC(C)N1CCN(C(=O)CN2CCN(c3cc(C)ccc3OC)CC2)CC1. The molecule has 0 aliphatic carbocycles. The lowest BCUT2D eigenvalue weighted by Crippen LogP contribution is -2.55. The number of aryl methyl sites for hydroxylation is 1. The molecule has 2 fully saturated rings. The summed E-state index contributed by atoms with van der Waals surface area (Å²) in [6.45, 7) is 14.6. The molecule has 0 saturated carbocycles. The average molecular weight is 389 g/mol. The van der Waals surface area contributed by atoms with Gasteiger partial charge < -0.3 is 14.5 Å². The Hall–Kier alpha value is -1.79. The van der Waals surface area contributed by atoms with Crippen molar-refractivity contribution in [3.63, 3.8) is 0 Å². The fraction of sp³-hybridized carbons (Fsp3) is 0.682. The number of amides is 1. The van der Waals surface area contributed by atoms with Crippen molar-refractivity contribution >= 4 is 11.6 Å². The molecule has 2 heterocycles. The Morgan fingerprint density at radius 1 is 1.07 bits per heavy atom. The van der Waals surface area contributed by atoms with Crippen molar-refractivity contribution in [1.82, 2.24) is 14.7 Å². The van der Waals surface area contributed by atoms with E-state index in [-0.39, 0.29) is 5.91 Å². The fourth-order valence-corrected chi connectivity index (χ4v) is 4.16. The third-order valence-corrected chi connectivity index (χ3v) is 6.29. The van der Waals surface area contributed by atoms with Crippen LogP contribution in [-0.4, -0.2) is 92.7 Å². The molecular formula is C22H36N4O2. The first-order chi connectivity index (χ1) is 13.5. The maximum Gasteiger partial charge on any atom is 0.236 e. The Kier molecular flexibility index (Phi) is 7.18. The van der Waals surface area contributed by atoms with Crippen LogP contribution in [0.2, 0.25) is 0 Å². The molecule has 0 aromatic heterocycles. The van der Waals surface area contributed by atoms with Gasteiger partial charge in [-0.05, 0) is 38.0 Å². The van der Waals surface area contributed by atoms with Crippen molar-refractivity contribution < 1.29 is 9.53 Å². The number of nitrogens with zero attached hydrogens (tertiary/aromatic N) is 4. The van der Waals surface area contributed by atoms with E-state index in [9.17, 15) is 4.79 Å². The van der Waals surface area contributed by atoms with Crippen molar-refractivity contribution in [2.75, 3.05) is 70.9 Å². The molecule has 1 aromatic rings. The lowest BCUT2D eigenvalue weighted by molar-refractivity contribution is -0.134. The summed E-state index contributed by atoms with van der Waals surface area (Å²) in [5.74, 6) is 1.21.